The summed E-state index contributed by atoms with van der Waals surface area (Å²) in [7, 11) is 3.00. The number of imidazole rings is 1. The van der Waals surface area contributed by atoms with Gasteiger partial charge < -0.3 is 29.2 Å². The number of methoxy groups -OCH3 is 2. The van der Waals surface area contributed by atoms with E-state index in [9.17, 15) is 4.79 Å². The molecule has 0 saturated carbocycles. The number of H-pyrrole nitrogens is 1. The van der Waals surface area contributed by atoms with Crippen LogP contribution in [0.15, 0.2) is 12.5 Å². The number of hydrogen-bond acceptors (Lipinski definition) is 7. The summed E-state index contributed by atoms with van der Waals surface area (Å²) in [5.74, 6) is -0.308. The highest BCUT2D eigenvalue weighted by molar-refractivity contribution is 5.75. The van der Waals surface area contributed by atoms with Crippen molar-refractivity contribution in [1.82, 2.24) is 15.3 Å². The van der Waals surface area contributed by atoms with Crippen molar-refractivity contribution in [2.45, 2.75) is 12.5 Å². The smallest absolute Gasteiger partial charge is 0.323 e. The van der Waals surface area contributed by atoms with Crippen LogP contribution < -0.4 is 5.32 Å². The predicted octanol–water partition coefficient (Wildman–Crippen LogP) is -0.237. The van der Waals surface area contributed by atoms with E-state index in [0.29, 0.717) is 46.0 Å². The molecule has 0 fully saturated rings. The lowest BCUT2D eigenvalue weighted by Gasteiger charge is -2.15. The van der Waals surface area contributed by atoms with Crippen molar-refractivity contribution < 1.29 is 23.7 Å². The molecule has 1 atom stereocenters. The van der Waals surface area contributed by atoms with Crippen LogP contribution in [0, 0.1) is 0 Å². The van der Waals surface area contributed by atoms with E-state index in [-0.39, 0.29) is 5.97 Å². The molecule has 8 heteroatoms. The monoisotopic (exact) mass is 315 g/mol. The Bertz CT molecular complexity index is 386. The third kappa shape index (κ3) is 8.08. The summed E-state index contributed by atoms with van der Waals surface area (Å²) >= 11 is 0. The van der Waals surface area contributed by atoms with Gasteiger partial charge in [0.05, 0.1) is 46.5 Å². The summed E-state index contributed by atoms with van der Waals surface area (Å²) in [6.07, 6.45) is 3.76. The first-order valence-electron chi connectivity index (χ1n) is 7.20. The number of carbonyl (C=O) groups is 1. The van der Waals surface area contributed by atoms with Gasteiger partial charge in [0.15, 0.2) is 0 Å². The number of nitrogens with one attached hydrogen (secondary N) is 2. The Labute approximate surface area is 130 Å². The molecule has 0 unspecified atom stereocenters. The van der Waals surface area contributed by atoms with Gasteiger partial charge >= 0.3 is 5.97 Å². The van der Waals surface area contributed by atoms with Gasteiger partial charge in [-0.25, -0.2) is 4.98 Å². The normalized spacial score (nSPS) is 12.3. The summed E-state index contributed by atoms with van der Waals surface area (Å²) in [5, 5.41) is 3.11. The minimum absolute atomic E-state index is 0.308. The number of esters is 1. The lowest BCUT2D eigenvalue weighted by atomic mass is 10.1. The van der Waals surface area contributed by atoms with Crippen LogP contribution in [-0.2, 0) is 30.2 Å². The molecule has 1 aromatic heterocycles. The maximum absolute atomic E-state index is 11.7. The zero-order chi connectivity index (χ0) is 16.0. The van der Waals surface area contributed by atoms with Gasteiger partial charge in [-0.15, -0.1) is 0 Å². The Morgan fingerprint density at radius 3 is 2.59 bits per heavy atom. The Balaban J connectivity index is 2.12. The molecule has 1 heterocycles. The van der Waals surface area contributed by atoms with Gasteiger partial charge in [0.25, 0.3) is 0 Å². The number of aromatic nitrogens is 2. The fourth-order valence-electron chi connectivity index (χ4n) is 1.77. The number of rotatable bonds is 13. The zero-order valence-corrected chi connectivity index (χ0v) is 13.2. The van der Waals surface area contributed by atoms with Crippen LogP contribution in [0.1, 0.15) is 5.69 Å². The highest BCUT2D eigenvalue weighted by atomic mass is 16.5. The van der Waals surface area contributed by atoms with Crippen LogP contribution >= 0.6 is 0 Å². The van der Waals surface area contributed by atoms with Crippen molar-refractivity contribution in [3.63, 3.8) is 0 Å². The SMILES string of the molecule is COCCOCCOCCN[C@@H](Cc1cnc[nH]1)C(=O)OC. The van der Waals surface area contributed by atoms with Crippen molar-refractivity contribution in [2.75, 3.05) is 53.8 Å². The Morgan fingerprint density at radius 1 is 1.23 bits per heavy atom. The highest BCUT2D eigenvalue weighted by Crippen LogP contribution is 2.00. The van der Waals surface area contributed by atoms with E-state index in [1.165, 1.54) is 7.11 Å². The largest absolute Gasteiger partial charge is 0.468 e. The molecule has 8 nitrogen and oxygen atoms in total. The molecule has 126 valence electrons. The number of aromatic amines is 1. The van der Waals surface area contributed by atoms with Crippen LogP contribution in [0.2, 0.25) is 0 Å². The lowest BCUT2D eigenvalue weighted by molar-refractivity contribution is -0.143. The third-order valence-corrected chi connectivity index (χ3v) is 2.91. The van der Waals surface area contributed by atoms with Crippen LogP contribution in [-0.4, -0.2) is 75.8 Å². The van der Waals surface area contributed by atoms with Crippen molar-refractivity contribution in [2.24, 2.45) is 0 Å². The maximum atomic E-state index is 11.7. The molecule has 2 N–H and O–H groups in total. The van der Waals surface area contributed by atoms with Gasteiger partial charge in [0.1, 0.15) is 6.04 Å². The summed E-state index contributed by atoms with van der Waals surface area (Å²) in [6, 6.07) is -0.424. The lowest BCUT2D eigenvalue weighted by Crippen LogP contribution is -2.41. The molecule has 0 aliphatic heterocycles. The molecule has 1 aromatic rings. The van der Waals surface area contributed by atoms with Gasteiger partial charge in [-0.2, -0.15) is 0 Å². The van der Waals surface area contributed by atoms with E-state index in [0.717, 1.165) is 5.69 Å². The molecule has 1 rings (SSSR count). The minimum atomic E-state index is -0.424. The number of hydrogen-bond donors (Lipinski definition) is 2. The average molecular weight is 315 g/mol. The number of nitrogens with zero attached hydrogens (tertiary/aromatic N) is 1. The Hall–Kier alpha value is -1.48. The Kier molecular flexibility index (Phi) is 10.2. The second kappa shape index (κ2) is 12.1. The molecule has 0 bridgehead atoms. The number of ether oxygens (including phenoxy) is 4. The van der Waals surface area contributed by atoms with E-state index < -0.39 is 6.04 Å². The van der Waals surface area contributed by atoms with Crippen LogP contribution in [0.3, 0.4) is 0 Å². The first kappa shape index (κ1) is 18.6. The van der Waals surface area contributed by atoms with Gasteiger partial charge in [-0.05, 0) is 0 Å². The molecule has 0 aliphatic rings. The van der Waals surface area contributed by atoms with Crippen LogP contribution in [0.25, 0.3) is 0 Å². The molecule has 0 saturated heterocycles. The van der Waals surface area contributed by atoms with Gasteiger partial charge in [0.2, 0.25) is 0 Å². The Morgan fingerprint density at radius 2 is 1.95 bits per heavy atom. The van der Waals surface area contributed by atoms with Crippen molar-refractivity contribution >= 4 is 5.97 Å². The van der Waals surface area contributed by atoms with Crippen molar-refractivity contribution in [3.05, 3.63) is 18.2 Å². The van der Waals surface area contributed by atoms with Crippen molar-refractivity contribution in [3.8, 4) is 0 Å². The van der Waals surface area contributed by atoms with E-state index in [4.69, 9.17) is 18.9 Å². The van der Waals surface area contributed by atoms with Gasteiger partial charge in [0, 0.05) is 32.0 Å². The molecule has 0 aromatic carbocycles. The molecule has 0 spiro atoms. The van der Waals surface area contributed by atoms with Crippen molar-refractivity contribution in [1.29, 1.82) is 0 Å². The molecular weight excluding hydrogens is 290 g/mol. The van der Waals surface area contributed by atoms with Gasteiger partial charge in [-0.1, -0.05) is 0 Å². The summed E-state index contributed by atoms with van der Waals surface area (Å²) in [4.78, 5) is 18.6. The summed E-state index contributed by atoms with van der Waals surface area (Å²) < 4.78 is 20.3. The molecular formula is C14H25N3O5. The second-order valence-corrected chi connectivity index (χ2v) is 4.53. The predicted molar refractivity (Wildman–Crippen MR) is 79.6 cm³/mol. The maximum Gasteiger partial charge on any atom is 0.323 e. The topological polar surface area (TPSA) is 94.7 Å². The van der Waals surface area contributed by atoms with Gasteiger partial charge in [-0.3, -0.25) is 4.79 Å². The van der Waals surface area contributed by atoms with Crippen LogP contribution in [0.5, 0.6) is 0 Å². The first-order valence-corrected chi connectivity index (χ1v) is 7.20. The molecule has 0 radical (unpaired) electrons. The third-order valence-electron chi connectivity index (χ3n) is 2.91. The second-order valence-electron chi connectivity index (χ2n) is 4.53. The van der Waals surface area contributed by atoms with E-state index in [1.54, 1.807) is 19.6 Å². The molecule has 22 heavy (non-hydrogen) atoms. The summed E-state index contributed by atoms with van der Waals surface area (Å²) in [6.45, 7) is 3.21. The minimum Gasteiger partial charge on any atom is -0.468 e. The van der Waals surface area contributed by atoms with Crippen LogP contribution in [0.4, 0.5) is 0 Å². The number of carbonyl (C=O) groups excluding carboxylic acids is 1. The standard InChI is InChI=1S/C14H25N3O5/c1-19-5-6-22-8-7-21-4-3-16-13(14(18)20-2)9-12-10-15-11-17-12/h10-11,13,16H,3-9H2,1-2H3,(H,15,17)/t13-/m0/s1. The molecule has 0 aliphatic carbocycles. The fraction of sp³-hybridized carbons (Fsp3) is 0.714. The van der Waals surface area contributed by atoms with E-state index in [1.807, 2.05) is 0 Å². The average Bonchev–Trinajstić information content (AvgIpc) is 3.04. The fourth-order valence-corrected chi connectivity index (χ4v) is 1.77. The van der Waals surface area contributed by atoms with E-state index >= 15 is 0 Å². The van der Waals surface area contributed by atoms with E-state index in [2.05, 4.69) is 15.3 Å². The molecule has 0 amide bonds. The summed E-state index contributed by atoms with van der Waals surface area (Å²) in [5.41, 5.74) is 0.871. The highest BCUT2D eigenvalue weighted by Gasteiger charge is 2.19. The quantitative estimate of drug-likeness (QED) is 0.383. The first-order chi connectivity index (χ1) is 10.8. The zero-order valence-electron chi connectivity index (χ0n) is 13.2.